The Bertz CT molecular complexity index is 1100. The van der Waals surface area contributed by atoms with Crippen molar-refractivity contribution in [2.24, 2.45) is 0 Å². The van der Waals surface area contributed by atoms with Crippen LogP contribution in [0.15, 0.2) is 59.4 Å². The zero-order valence-electron chi connectivity index (χ0n) is 17.9. The van der Waals surface area contributed by atoms with Crippen molar-refractivity contribution < 1.29 is 9.53 Å². The third-order valence-electron chi connectivity index (χ3n) is 5.73. The average molecular weight is 421 g/mol. The van der Waals surface area contributed by atoms with Gasteiger partial charge in [0.05, 0.1) is 12.1 Å². The summed E-state index contributed by atoms with van der Waals surface area (Å²) in [7, 11) is 4.22. The van der Waals surface area contributed by atoms with Crippen molar-refractivity contribution in [3.05, 3.63) is 65.0 Å². The van der Waals surface area contributed by atoms with Crippen LogP contribution >= 0.6 is 0 Å². The Hall–Kier alpha value is -3.16. The molecule has 31 heavy (non-hydrogen) atoms. The molecular weight excluding hydrogens is 392 g/mol. The van der Waals surface area contributed by atoms with E-state index in [1.165, 1.54) is 6.07 Å². The quantitative estimate of drug-likeness (QED) is 0.640. The van der Waals surface area contributed by atoms with Gasteiger partial charge in [0.15, 0.2) is 0 Å². The van der Waals surface area contributed by atoms with E-state index in [1.807, 2.05) is 24.3 Å². The number of piperidine rings is 1. The number of pyridine rings is 1. The van der Waals surface area contributed by atoms with Crippen LogP contribution in [0.3, 0.4) is 0 Å². The molecule has 2 aromatic carbocycles. The van der Waals surface area contributed by atoms with E-state index in [0.29, 0.717) is 24.1 Å². The Labute approximate surface area is 181 Å². The molecule has 7 nitrogen and oxygen atoms in total. The van der Waals surface area contributed by atoms with Crippen LogP contribution in [0.25, 0.3) is 10.9 Å². The fourth-order valence-electron chi connectivity index (χ4n) is 3.99. The Morgan fingerprint density at radius 1 is 1.13 bits per heavy atom. The van der Waals surface area contributed by atoms with Crippen LogP contribution in [0.4, 0.5) is 5.69 Å². The standard InChI is InChI=1S/C24H28N4O3/c1-27(2)18-11-13-28(14-12-18)16-24(30)25-17-7-9-19(10-8-17)31-22-15-23(29)26-21-6-4-3-5-20(21)22/h3-10,15,18H,11-14,16H2,1-2H3,(H,25,30)(H,26,29). The smallest absolute Gasteiger partial charge is 0.252 e. The molecule has 7 heteroatoms. The molecule has 1 aliphatic rings. The molecule has 0 radical (unpaired) electrons. The number of carbonyl (C=O) groups excluding carboxylic acids is 1. The maximum absolute atomic E-state index is 12.4. The first-order valence-corrected chi connectivity index (χ1v) is 10.6. The lowest BCUT2D eigenvalue weighted by molar-refractivity contribution is -0.117. The predicted octanol–water partition coefficient (Wildman–Crippen LogP) is 3.28. The van der Waals surface area contributed by atoms with E-state index in [0.717, 1.165) is 42.5 Å². The highest BCUT2D eigenvalue weighted by molar-refractivity contribution is 5.92. The van der Waals surface area contributed by atoms with E-state index in [-0.39, 0.29) is 11.5 Å². The van der Waals surface area contributed by atoms with Crippen LogP contribution in [0.2, 0.25) is 0 Å². The molecule has 1 saturated heterocycles. The fraction of sp³-hybridized carbons (Fsp3) is 0.333. The number of amides is 1. The van der Waals surface area contributed by atoms with E-state index in [2.05, 4.69) is 34.2 Å². The maximum Gasteiger partial charge on any atom is 0.252 e. The molecule has 1 fully saturated rings. The molecule has 0 spiro atoms. The summed E-state index contributed by atoms with van der Waals surface area (Å²) < 4.78 is 5.94. The Kier molecular flexibility index (Phi) is 6.34. The topological polar surface area (TPSA) is 77.7 Å². The number of carbonyl (C=O) groups is 1. The number of para-hydroxylation sites is 1. The summed E-state index contributed by atoms with van der Waals surface area (Å²) in [5.41, 5.74) is 1.23. The van der Waals surface area contributed by atoms with Gasteiger partial charge in [0.1, 0.15) is 11.5 Å². The van der Waals surface area contributed by atoms with Gasteiger partial charge in [-0.2, -0.15) is 0 Å². The molecule has 0 bridgehead atoms. The number of H-pyrrole nitrogens is 1. The number of anilines is 1. The summed E-state index contributed by atoms with van der Waals surface area (Å²) in [6.07, 6.45) is 2.17. The third kappa shape index (κ3) is 5.31. The van der Waals surface area contributed by atoms with Gasteiger partial charge in [-0.25, -0.2) is 0 Å². The zero-order chi connectivity index (χ0) is 21.8. The minimum atomic E-state index is -0.216. The normalized spacial score (nSPS) is 15.3. The Morgan fingerprint density at radius 2 is 1.84 bits per heavy atom. The maximum atomic E-state index is 12.4. The van der Waals surface area contributed by atoms with Gasteiger partial charge in [-0.05, 0) is 63.3 Å². The summed E-state index contributed by atoms with van der Waals surface area (Å²) in [5, 5.41) is 3.78. The van der Waals surface area contributed by atoms with Gasteiger partial charge >= 0.3 is 0 Å². The molecule has 3 aromatic rings. The molecule has 0 aliphatic carbocycles. The second kappa shape index (κ2) is 9.32. The minimum absolute atomic E-state index is 0.0161. The van der Waals surface area contributed by atoms with Gasteiger partial charge < -0.3 is 19.9 Å². The van der Waals surface area contributed by atoms with Crippen LogP contribution in [-0.2, 0) is 4.79 Å². The molecule has 2 N–H and O–H groups in total. The number of hydrogen-bond acceptors (Lipinski definition) is 5. The molecule has 0 atom stereocenters. The van der Waals surface area contributed by atoms with Crippen LogP contribution < -0.4 is 15.6 Å². The van der Waals surface area contributed by atoms with Crippen molar-refractivity contribution in [3.8, 4) is 11.5 Å². The van der Waals surface area contributed by atoms with E-state index in [1.54, 1.807) is 24.3 Å². The minimum Gasteiger partial charge on any atom is -0.456 e. The first kappa shape index (κ1) is 21.1. The van der Waals surface area contributed by atoms with Crippen molar-refractivity contribution in [3.63, 3.8) is 0 Å². The number of likely N-dealkylation sites (tertiary alicyclic amines) is 1. The SMILES string of the molecule is CN(C)C1CCN(CC(=O)Nc2ccc(Oc3cc(=O)[nH]c4ccccc34)cc2)CC1. The van der Waals surface area contributed by atoms with E-state index < -0.39 is 0 Å². The van der Waals surface area contributed by atoms with Crippen molar-refractivity contribution >= 4 is 22.5 Å². The monoisotopic (exact) mass is 420 g/mol. The Morgan fingerprint density at radius 3 is 2.55 bits per heavy atom. The molecule has 2 heterocycles. The van der Waals surface area contributed by atoms with Crippen molar-refractivity contribution in [1.82, 2.24) is 14.8 Å². The first-order valence-electron chi connectivity index (χ1n) is 10.6. The van der Waals surface area contributed by atoms with Gasteiger partial charge in [-0.15, -0.1) is 0 Å². The van der Waals surface area contributed by atoms with Crippen LogP contribution in [0.1, 0.15) is 12.8 Å². The van der Waals surface area contributed by atoms with Gasteiger partial charge in [-0.1, -0.05) is 12.1 Å². The van der Waals surface area contributed by atoms with E-state index in [4.69, 9.17) is 4.74 Å². The number of aromatic amines is 1. The lowest BCUT2D eigenvalue weighted by Gasteiger charge is -2.34. The Balaban J connectivity index is 1.35. The number of hydrogen-bond donors (Lipinski definition) is 2. The third-order valence-corrected chi connectivity index (χ3v) is 5.73. The largest absolute Gasteiger partial charge is 0.456 e. The van der Waals surface area contributed by atoms with E-state index >= 15 is 0 Å². The van der Waals surface area contributed by atoms with Crippen molar-refractivity contribution in [2.45, 2.75) is 18.9 Å². The molecule has 1 aromatic heterocycles. The summed E-state index contributed by atoms with van der Waals surface area (Å²) >= 11 is 0. The van der Waals surface area contributed by atoms with Gasteiger partial charge in [0.25, 0.3) is 5.56 Å². The highest BCUT2D eigenvalue weighted by Gasteiger charge is 2.21. The van der Waals surface area contributed by atoms with Gasteiger partial charge in [0.2, 0.25) is 5.91 Å². The molecule has 162 valence electrons. The molecule has 1 aliphatic heterocycles. The summed E-state index contributed by atoms with van der Waals surface area (Å²) in [5.74, 6) is 1.08. The van der Waals surface area contributed by atoms with Crippen molar-refractivity contribution in [1.29, 1.82) is 0 Å². The van der Waals surface area contributed by atoms with Gasteiger partial charge in [0, 0.05) is 36.3 Å². The van der Waals surface area contributed by atoms with Crippen molar-refractivity contribution in [2.75, 3.05) is 39.0 Å². The van der Waals surface area contributed by atoms with Crippen LogP contribution in [0, 0.1) is 0 Å². The summed E-state index contributed by atoms with van der Waals surface area (Å²) in [6.45, 7) is 2.28. The highest BCUT2D eigenvalue weighted by Crippen LogP contribution is 2.28. The molecule has 0 saturated carbocycles. The number of ether oxygens (including phenoxy) is 1. The number of nitrogens with one attached hydrogen (secondary N) is 2. The van der Waals surface area contributed by atoms with E-state index in [9.17, 15) is 9.59 Å². The lowest BCUT2D eigenvalue weighted by Crippen LogP contribution is -2.44. The molecule has 4 rings (SSSR count). The molecular formula is C24H28N4O3. The number of benzene rings is 2. The lowest BCUT2D eigenvalue weighted by atomic mass is 10.0. The predicted molar refractivity (Wildman–Crippen MR) is 123 cm³/mol. The number of nitrogens with zero attached hydrogens (tertiary/aromatic N) is 2. The van der Waals surface area contributed by atoms with Crippen LogP contribution in [-0.4, -0.2) is 60.5 Å². The fourth-order valence-corrected chi connectivity index (χ4v) is 3.99. The highest BCUT2D eigenvalue weighted by atomic mass is 16.5. The van der Waals surface area contributed by atoms with Crippen LogP contribution in [0.5, 0.6) is 11.5 Å². The first-order chi connectivity index (χ1) is 15.0. The molecule has 0 unspecified atom stereocenters. The number of fused-ring (bicyclic) bond motifs is 1. The second-order valence-electron chi connectivity index (χ2n) is 8.19. The zero-order valence-corrected chi connectivity index (χ0v) is 17.9. The summed E-state index contributed by atoms with van der Waals surface area (Å²) in [6, 6.07) is 16.7. The number of rotatable bonds is 6. The molecule has 1 amide bonds. The number of aromatic nitrogens is 1. The second-order valence-corrected chi connectivity index (χ2v) is 8.19. The van der Waals surface area contributed by atoms with Gasteiger partial charge in [-0.3, -0.25) is 14.5 Å². The summed E-state index contributed by atoms with van der Waals surface area (Å²) in [4.78, 5) is 31.6. The average Bonchev–Trinajstić information content (AvgIpc) is 2.75.